The van der Waals surface area contributed by atoms with Gasteiger partial charge in [0.1, 0.15) is 0 Å². The Morgan fingerprint density at radius 1 is 1.50 bits per heavy atom. The zero-order valence-corrected chi connectivity index (χ0v) is 10.2. The molecule has 0 aliphatic rings. The van der Waals surface area contributed by atoms with E-state index in [9.17, 15) is 0 Å². The Hall–Kier alpha value is -1.05. The van der Waals surface area contributed by atoms with Gasteiger partial charge in [-0.2, -0.15) is 0 Å². The molecule has 0 amide bonds. The van der Waals surface area contributed by atoms with Gasteiger partial charge in [0, 0.05) is 12.4 Å². The summed E-state index contributed by atoms with van der Waals surface area (Å²) in [5.74, 6) is 7.36. The van der Waals surface area contributed by atoms with Crippen LogP contribution in [0.15, 0.2) is 22.7 Å². The Bertz CT molecular complexity index is 440. The van der Waals surface area contributed by atoms with Gasteiger partial charge in [-0.3, -0.25) is 0 Å². The molecule has 0 radical (unpaired) electrons. The van der Waals surface area contributed by atoms with E-state index in [0.29, 0.717) is 11.0 Å². The van der Waals surface area contributed by atoms with Gasteiger partial charge in [-0.25, -0.2) is 4.68 Å². The van der Waals surface area contributed by atoms with Gasteiger partial charge in [-0.05, 0) is 17.9 Å². The van der Waals surface area contributed by atoms with Crippen LogP contribution in [0.25, 0.3) is 10.7 Å². The maximum Gasteiger partial charge on any atom is 0.210 e. The second-order valence-electron chi connectivity index (χ2n) is 3.08. The van der Waals surface area contributed by atoms with Crippen LogP contribution in [-0.4, -0.2) is 32.3 Å². The summed E-state index contributed by atoms with van der Waals surface area (Å²) in [5, 5.41) is 19.4. The summed E-state index contributed by atoms with van der Waals surface area (Å²) in [7, 11) is 0. The topological polar surface area (TPSA) is 77.0 Å². The average Bonchev–Trinajstić information content (AvgIpc) is 2.89. The number of aliphatic hydroxyl groups excluding tert-OH is 1. The molecule has 86 valence electrons. The van der Waals surface area contributed by atoms with Crippen molar-refractivity contribution in [3.8, 4) is 10.7 Å². The largest absolute Gasteiger partial charge is 0.396 e. The summed E-state index contributed by atoms with van der Waals surface area (Å²) in [4.78, 5) is 1.00. The van der Waals surface area contributed by atoms with Gasteiger partial charge in [0.25, 0.3) is 0 Å². The minimum Gasteiger partial charge on any atom is -0.396 e. The molecule has 0 unspecified atom stereocenters. The lowest BCUT2D eigenvalue weighted by molar-refractivity contribution is 0.296. The van der Waals surface area contributed by atoms with Crippen LogP contribution in [0.5, 0.6) is 0 Å². The number of thiophene rings is 1. The normalized spacial score (nSPS) is 10.8. The molecule has 5 nitrogen and oxygen atoms in total. The average molecular weight is 256 g/mol. The van der Waals surface area contributed by atoms with E-state index in [-0.39, 0.29) is 6.61 Å². The second kappa shape index (κ2) is 5.33. The third-order valence-electron chi connectivity index (χ3n) is 1.94. The van der Waals surface area contributed by atoms with E-state index in [0.717, 1.165) is 17.1 Å². The molecule has 16 heavy (non-hydrogen) atoms. The molecular formula is C9H12N4OS2. The third-order valence-corrected chi connectivity index (χ3v) is 3.83. The molecule has 0 spiro atoms. The van der Waals surface area contributed by atoms with Crippen LogP contribution < -0.4 is 5.84 Å². The van der Waals surface area contributed by atoms with Crippen LogP contribution in [0.3, 0.4) is 0 Å². The third kappa shape index (κ3) is 2.37. The number of aromatic nitrogens is 3. The van der Waals surface area contributed by atoms with Crippen LogP contribution in [0.4, 0.5) is 0 Å². The van der Waals surface area contributed by atoms with Gasteiger partial charge >= 0.3 is 0 Å². The molecule has 2 aromatic rings. The van der Waals surface area contributed by atoms with Crippen molar-refractivity contribution in [1.29, 1.82) is 0 Å². The molecule has 0 fully saturated rings. The highest BCUT2D eigenvalue weighted by Crippen LogP contribution is 2.25. The lowest BCUT2D eigenvalue weighted by Crippen LogP contribution is -2.11. The van der Waals surface area contributed by atoms with Crippen molar-refractivity contribution >= 4 is 23.1 Å². The molecule has 0 saturated carbocycles. The Morgan fingerprint density at radius 2 is 2.38 bits per heavy atom. The number of nitrogens with zero attached hydrogens (tertiary/aromatic N) is 3. The number of thioether (sulfide) groups is 1. The Balaban J connectivity index is 2.12. The van der Waals surface area contributed by atoms with Crippen molar-refractivity contribution in [2.75, 3.05) is 18.2 Å². The van der Waals surface area contributed by atoms with Gasteiger partial charge < -0.3 is 10.9 Å². The van der Waals surface area contributed by atoms with E-state index in [4.69, 9.17) is 10.9 Å². The fraction of sp³-hybridized carbons (Fsp3) is 0.333. The van der Waals surface area contributed by atoms with Crippen LogP contribution in [-0.2, 0) is 0 Å². The summed E-state index contributed by atoms with van der Waals surface area (Å²) < 4.78 is 1.49. The SMILES string of the molecule is Nn1c(SCCCO)nnc1-c1cccs1. The number of hydrogen-bond acceptors (Lipinski definition) is 6. The number of nitrogens with two attached hydrogens (primary N) is 1. The van der Waals surface area contributed by atoms with Crippen molar-refractivity contribution in [1.82, 2.24) is 14.9 Å². The van der Waals surface area contributed by atoms with Gasteiger partial charge in [0.15, 0.2) is 5.82 Å². The summed E-state index contributed by atoms with van der Waals surface area (Å²) in [6.07, 6.45) is 0.728. The predicted octanol–water partition coefficient (Wildman–Crippen LogP) is 1.19. The molecular weight excluding hydrogens is 244 g/mol. The molecule has 2 rings (SSSR count). The first-order chi connectivity index (χ1) is 7.83. The Morgan fingerprint density at radius 3 is 3.06 bits per heavy atom. The fourth-order valence-electron chi connectivity index (χ4n) is 1.18. The molecule has 7 heteroatoms. The maximum atomic E-state index is 8.68. The molecule has 2 aromatic heterocycles. The molecule has 0 aliphatic heterocycles. The van der Waals surface area contributed by atoms with Gasteiger partial charge in [-0.15, -0.1) is 21.5 Å². The summed E-state index contributed by atoms with van der Waals surface area (Å²) in [6.45, 7) is 0.184. The van der Waals surface area contributed by atoms with E-state index in [1.54, 1.807) is 11.3 Å². The zero-order valence-electron chi connectivity index (χ0n) is 8.54. The Labute approximate surface area is 101 Å². The summed E-state index contributed by atoms with van der Waals surface area (Å²) in [5.41, 5.74) is 0. The van der Waals surface area contributed by atoms with Crippen molar-refractivity contribution in [2.45, 2.75) is 11.6 Å². The fourth-order valence-corrected chi connectivity index (χ4v) is 2.66. The molecule has 3 N–H and O–H groups in total. The first-order valence-electron chi connectivity index (χ1n) is 4.81. The highest BCUT2D eigenvalue weighted by Gasteiger charge is 2.12. The predicted molar refractivity (Wildman–Crippen MR) is 65.9 cm³/mol. The lowest BCUT2D eigenvalue weighted by atomic mass is 10.4. The number of rotatable bonds is 5. The lowest BCUT2D eigenvalue weighted by Gasteiger charge is -2.01. The van der Waals surface area contributed by atoms with E-state index < -0.39 is 0 Å². The highest BCUT2D eigenvalue weighted by atomic mass is 32.2. The van der Waals surface area contributed by atoms with Crippen molar-refractivity contribution in [3.63, 3.8) is 0 Å². The summed E-state index contributed by atoms with van der Waals surface area (Å²) >= 11 is 3.08. The van der Waals surface area contributed by atoms with E-state index in [1.165, 1.54) is 16.4 Å². The van der Waals surface area contributed by atoms with Crippen molar-refractivity contribution in [2.24, 2.45) is 0 Å². The smallest absolute Gasteiger partial charge is 0.210 e. The first-order valence-corrected chi connectivity index (χ1v) is 6.67. The standard InChI is InChI=1S/C9H12N4OS2/c10-13-8(7-3-1-5-15-7)11-12-9(13)16-6-2-4-14/h1,3,5,14H,2,4,6,10H2. The number of hydrogen-bond donors (Lipinski definition) is 2. The molecule has 0 atom stereocenters. The minimum atomic E-state index is 0.184. The van der Waals surface area contributed by atoms with Gasteiger partial charge in [-0.1, -0.05) is 17.8 Å². The molecule has 0 aromatic carbocycles. The van der Waals surface area contributed by atoms with Crippen LogP contribution in [0.1, 0.15) is 6.42 Å². The zero-order chi connectivity index (χ0) is 11.4. The molecule has 0 aliphatic carbocycles. The highest BCUT2D eigenvalue weighted by molar-refractivity contribution is 7.99. The number of aliphatic hydroxyl groups is 1. The quantitative estimate of drug-likeness (QED) is 0.477. The number of nitrogen functional groups attached to an aromatic ring is 1. The maximum absolute atomic E-state index is 8.68. The molecule has 0 bridgehead atoms. The van der Waals surface area contributed by atoms with Gasteiger partial charge in [0.2, 0.25) is 5.16 Å². The molecule has 2 heterocycles. The first kappa shape index (κ1) is 11.4. The monoisotopic (exact) mass is 256 g/mol. The van der Waals surface area contributed by atoms with E-state index in [1.807, 2.05) is 17.5 Å². The van der Waals surface area contributed by atoms with Crippen molar-refractivity contribution in [3.05, 3.63) is 17.5 Å². The van der Waals surface area contributed by atoms with Crippen LogP contribution in [0, 0.1) is 0 Å². The summed E-state index contributed by atoms with van der Waals surface area (Å²) in [6, 6.07) is 3.91. The van der Waals surface area contributed by atoms with Crippen LogP contribution >= 0.6 is 23.1 Å². The second-order valence-corrected chi connectivity index (χ2v) is 5.09. The molecule has 0 saturated heterocycles. The van der Waals surface area contributed by atoms with E-state index >= 15 is 0 Å². The van der Waals surface area contributed by atoms with Gasteiger partial charge in [0.05, 0.1) is 4.88 Å². The van der Waals surface area contributed by atoms with Crippen LogP contribution in [0.2, 0.25) is 0 Å². The Kier molecular flexibility index (Phi) is 3.81. The van der Waals surface area contributed by atoms with E-state index in [2.05, 4.69) is 10.2 Å². The minimum absolute atomic E-state index is 0.184. The van der Waals surface area contributed by atoms with Crippen molar-refractivity contribution < 1.29 is 5.11 Å².